The zero-order chi connectivity index (χ0) is 14.8. The van der Waals surface area contributed by atoms with Gasteiger partial charge in [0.05, 0.1) is 13.2 Å². The van der Waals surface area contributed by atoms with E-state index in [1.165, 1.54) is 0 Å². The van der Waals surface area contributed by atoms with Crippen molar-refractivity contribution in [3.05, 3.63) is 48.6 Å². The van der Waals surface area contributed by atoms with Crippen molar-refractivity contribution in [2.75, 3.05) is 30.5 Å². The number of rotatable bonds is 6. The van der Waals surface area contributed by atoms with Gasteiger partial charge in [-0.3, -0.25) is 0 Å². The second kappa shape index (κ2) is 6.59. The fourth-order valence-corrected chi connectivity index (χ4v) is 8.29. The number of hydrogen-bond donors (Lipinski definition) is 1. The Bertz CT molecular complexity index is 467. The molecule has 4 rings (SSSR count). The van der Waals surface area contributed by atoms with Gasteiger partial charge in [0.25, 0.3) is 0 Å². The van der Waals surface area contributed by atoms with Gasteiger partial charge in [0.1, 0.15) is 9.52 Å². The summed E-state index contributed by atoms with van der Waals surface area (Å²) in [5.41, 5.74) is 1.27. The lowest BCUT2D eigenvalue weighted by atomic mass is 9.97. The van der Waals surface area contributed by atoms with Gasteiger partial charge < -0.3 is 9.84 Å². The Hall–Kier alpha value is -0.0700. The van der Waals surface area contributed by atoms with Gasteiger partial charge in [-0.15, -0.1) is 41.9 Å². The smallest absolute Gasteiger partial charge is 0.137 e. The van der Waals surface area contributed by atoms with E-state index in [9.17, 15) is 5.11 Å². The first-order valence-electron chi connectivity index (χ1n) is 7.03. The summed E-state index contributed by atoms with van der Waals surface area (Å²) >= 11 is 5.67. The molecule has 0 amide bonds. The lowest BCUT2D eigenvalue weighted by Crippen LogP contribution is -2.49. The van der Waals surface area contributed by atoms with Crippen LogP contribution in [0.4, 0.5) is 0 Å². The maximum atomic E-state index is 10.8. The predicted octanol–water partition coefficient (Wildman–Crippen LogP) is 3.79. The molecule has 1 aromatic carbocycles. The van der Waals surface area contributed by atoms with Crippen LogP contribution in [0.2, 0.25) is 0 Å². The molecule has 3 aliphatic heterocycles. The number of thioether (sulfide) groups is 3. The Kier molecular flexibility index (Phi) is 4.96. The minimum atomic E-state index is -0.425. The predicted molar refractivity (Wildman–Crippen MR) is 95.0 cm³/mol. The molecule has 0 aliphatic carbocycles. The first-order chi connectivity index (χ1) is 10.2. The van der Waals surface area contributed by atoms with Crippen LogP contribution in [0.25, 0.3) is 0 Å². The Morgan fingerprint density at radius 2 is 1.81 bits per heavy atom. The van der Waals surface area contributed by atoms with Gasteiger partial charge in [-0.1, -0.05) is 36.4 Å². The zero-order valence-corrected chi connectivity index (χ0v) is 14.3. The summed E-state index contributed by atoms with van der Waals surface area (Å²) < 4.78 is 5.55. The van der Waals surface area contributed by atoms with Gasteiger partial charge in [-0.25, -0.2) is 0 Å². The van der Waals surface area contributed by atoms with Crippen molar-refractivity contribution < 1.29 is 9.84 Å². The van der Waals surface area contributed by atoms with Crippen molar-refractivity contribution in [2.45, 2.75) is 9.52 Å². The van der Waals surface area contributed by atoms with Gasteiger partial charge in [0, 0.05) is 22.7 Å². The van der Waals surface area contributed by atoms with Crippen LogP contribution in [0.15, 0.2) is 43.0 Å². The van der Waals surface area contributed by atoms with E-state index in [1.54, 1.807) is 6.08 Å². The van der Waals surface area contributed by atoms with Crippen LogP contribution >= 0.6 is 35.3 Å². The maximum absolute atomic E-state index is 10.8. The Morgan fingerprint density at radius 1 is 1.19 bits per heavy atom. The summed E-state index contributed by atoms with van der Waals surface area (Å²) in [5.74, 6) is 3.19. The minimum absolute atomic E-state index is 0.151. The molecule has 2 nitrogen and oxygen atoms in total. The molecule has 0 spiro atoms. The Labute approximate surface area is 139 Å². The second-order valence-electron chi connectivity index (χ2n) is 5.59. The fraction of sp³-hybridized carbons (Fsp3) is 0.500. The normalized spacial score (nSPS) is 32.8. The molecule has 3 heterocycles. The highest BCUT2D eigenvalue weighted by atomic mass is 32.3. The van der Waals surface area contributed by atoms with Gasteiger partial charge in [-0.05, 0) is 5.56 Å². The molecule has 0 radical (unpaired) electrons. The topological polar surface area (TPSA) is 29.5 Å². The molecule has 5 heteroatoms. The summed E-state index contributed by atoms with van der Waals surface area (Å²) in [5, 5.41) is 10.8. The highest BCUT2D eigenvalue weighted by molar-refractivity contribution is 8.34. The molecule has 3 saturated heterocycles. The first-order valence-corrected chi connectivity index (χ1v) is 9.99. The van der Waals surface area contributed by atoms with Crippen molar-refractivity contribution in [3.63, 3.8) is 0 Å². The number of fused-ring (bicyclic) bond motifs is 3. The SMILES string of the molecule is C=CCOCC12CSC(C(O)c3ccccc3)(SC1)SC2. The Balaban J connectivity index is 1.67. The standard InChI is InChI=1S/C16H20O2S3/c1-2-8-18-9-15-10-19-16(20-11-15,21-12-15)14(17)13-6-4-3-5-7-13/h2-7,14,17H,1,8-12H2. The van der Waals surface area contributed by atoms with Crippen LogP contribution < -0.4 is 0 Å². The molecule has 0 aromatic heterocycles. The molecule has 1 aromatic rings. The molecular weight excluding hydrogens is 320 g/mol. The van der Waals surface area contributed by atoms with E-state index in [4.69, 9.17) is 4.74 Å². The largest absolute Gasteiger partial charge is 0.385 e. The van der Waals surface area contributed by atoms with Gasteiger partial charge in [-0.2, -0.15) is 0 Å². The summed E-state index contributed by atoms with van der Waals surface area (Å²) in [6.45, 7) is 5.12. The summed E-state index contributed by atoms with van der Waals surface area (Å²) in [7, 11) is 0. The molecular formula is C16H20O2S3. The molecule has 114 valence electrons. The van der Waals surface area contributed by atoms with Gasteiger partial charge in [0.2, 0.25) is 0 Å². The number of benzene rings is 1. The maximum Gasteiger partial charge on any atom is 0.137 e. The molecule has 1 unspecified atom stereocenters. The van der Waals surface area contributed by atoms with Crippen LogP contribution in [0.1, 0.15) is 11.7 Å². The van der Waals surface area contributed by atoms with Crippen molar-refractivity contribution in [1.29, 1.82) is 0 Å². The lowest BCUT2D eigenvalue weighted by Gasteiger charge is -2.53. The van der Waals surface area contributed by atoms with Crippen LogP contribution in [0.5, 0.6) is 0 Å². The first kappa shape index (κ1) is 15.8. The van der Waals surface area contributed by atoms with Crippen LogP contribution in [-0.2, 0) is 4.74 Å². The van der Waals surface area contributed by atoms with E-state index < -0.39 is 6.10 Å². The van der Waals surface area contributed by atoms with Crippen molar-refractivity contribution in [2.24, 2.45) is 5.41 Å². The van der Waals surface area contributed by atoms with Gasteiger partial charge in [0.15, 0.2) is 0 Å². The highest BCUT2D eigenvalue weighted by Gasteiger charge is 2.54. The molecule has 2 bridgehead atoms. The van der Waals surface area contributed by atoms with E-state index in [1.807, 2.05) is 65.6 Å². The monoisotopic (exact) mass is 340 g/mol. The Morgan fingerprint density at radius 3 is 2.38 bits per heavy atom. The van der Waals surface area contributed by atoms with E-state index >= 15 is 0 Å². The number of hydrogen-bond acceptors (Lipinski definition) is 5. The zero-order valence-electron chi connectivity index (χ0n) is 11.9. The molecule has 1 N–H and O–H groups in total. The number of aliphatic hydroxyl groups is 1. The van der Waals surface area contributed by atoms with Crippen molar-refractivity contribution >= 4 is 35.3 Å². The van der Waals surface area contributed by atoms with E-state index in [-0.39, 0.29) is 8.83 Å². The third kappa shape index (κ3) is 3.17. The fourth-order valence-electron chi connectivity index (χ4n) is 2.57. The quantitative estimate of drug-likeness (QED) is 0.629. The molecule has 0 saturated carbocycles. The lowest BCUT2D eigenvalue weighted by molar-refractivity contribution is 0.0953. The van der Waals surface area contributed by atoms with E-state index in [0.717, 1.165) is 29.4 Å². The molecule has 3 aliphatic rings. The summed E-state index contributed by atoms with van der Waals surface area (Å²) in [6.07, 6.45) is 1.38. The second-order valence-corrected chi connectivity index (χ2v) is 10.0. The average molecular weight is 341 g/mol. The molecule has 1 atom stereocenters. The molecule has 21 heavy (non-hydrogen) atoms. The molecule has 3 fully saturated rings. The minimum Gasteiger partial charge on any atom is -0.385 e. The van der Waals surface area contributed by atoms with E-state index in [0.29, 0.717) is 6.61 Å². The van der Waals surface area contributed by atoms with E-state index in [2.05, 4.69) is 6.58 Å². The average Bonchev–Trinajstić information content (AvgIpc) is 2.57. The van der Waals surface area contributed by atoms with Crippen LogP contribution in [-0.4, -0.2) is 39.0 Å². The van der Waals surface area contributed by atoms with Crippen LogP contribution in [0.3, 0.4) is 0 Å². The van der Waals surface area contributed by atoms with Crippen molar-refractivity contribution in [1.82, 2.24) is 0 Å². The third-order valence-corrected chi connectivity index (χ3v) is 10.1. The third-order valence-electron chi connectivity index (χ3n) is 3.83. The van der Waals surface area contributed by atoms with Gasteiger partial charge >= 0.3 is 0 Å². The summed E-state index contributed by atoms with van der Waals surface area (Å²) in [4.78, 5) is 0. The number of ether oxygens (including phenoxy) is 1. The number of aliphatic hydroxyl groups excluding tert-OH is 1. The van der Waals surface area contributed by atoms with Crippen LogP contribution in [0, 0.1) is 5.41 Å². The highest BCUT2D eigenvalue weighted by Crippen LogP contribution is 2.66. The summed E-state index contributed by atoms with van der Waals surface area (Å²) in [6, 6.07) is 10.0. The van der Waals surface area contributed by atoms with Crippen molar-refractivity contribution in [3.8, 4) is 0 Å².